The lowest BCUT2D eigenvalue weighted by atomic mass is 9.97. The number of ether oxygens (including phenoxy) is 3. The van der Waals surface area contributed by atoms with Crippen LogP contribution in [0.3, 0.4) is 0 Å². The lowest BCUT2D eigenvalue weighted by molar-refractivity contribution is -0.139. The minimum Gasteiger partial charge on any atom is -0.492 e. The fourth-order valence-electron chi connectivity index (χ4n) is 2.61. The standard InChI is InChI=1S/C21H33NO5/c1-7-9-12-21(5,27-8-2)20(24)22-16-10-11-18(26-14-15(3)4)17(13-16)19(23)25-6/h10-11,13,15H,7-9,12,14H2,1-6H3,(H,22,24)/t21-/m0/s1. The number of nitrogens with one attached hydrogen (secondary N) is 1. The zero-order valence-electron chi connectivity index (χ0n) is 17.4. The fraction of sp³-hybridized carbons (Fsp3) is 0.619. The average Bonchev–Trinajstić information content (AvgIpc) is 2.64. The Morgan fingerprint density at radius 1 is 1.22 bits per heavy atom. The second kappa shape index (κ2) is 10.9. The molecular weight excluding hydrogens is 346 g/mol. The number of methoxy groups -OCH3 is 1. The van der Waals surface area contributed by atoms with Gasteiger partial charge in [-0.05, 0) is 44.4 Å². The predicted octanol–water partition coefficient (Wildman–Crippen LogP) is 4.43. The van der Waals surface area contributed by atoms with E-state index in [-0.39, 0.29) is 11.5 Å². The SMILES string of the molecule is CCCC[C@](C)(OCC)C(=O)Nc1ccc(OCC(C)C)c(C(=O)OC)c1. The van der Waals surface area contributed by atoms with Crippen molar-refractivity contribution in [1.29, 1.82) is 0 Å². The highest BCUT2D eigenvalue weighted by Gasteiger charge is 2.33. The number of hydrogen-bond donors (Lipinski definition) is 1. The van der Waals surface area contributed by atoms with Gasteiger partial charge in [0.25, 0.3) is 5.91 Å². The summed E-state index contributed by atoms with van der Waals surface area (Å²) in [5, 5.41) is 2.86. The first-order chi connectivity index (χ1) is 12.8. The number of hydrogen-bond acceptors (Lipinski definition) is 5. The van der Waals surface area contributed by atoms with Crippen LogP contribution in [-0.4, -0.2) is 37.8 Å². The summed E-state index contributed by atoms with van der Waals surface area (Å²) >= 11 is 0. The summed E-state index contributed by atoms with van der Waals surface area (Å²) in [5.41, 5.74) is -0.134. The largest absolute Gasteiger partial charge is 0.492 e. The van der Waals surface area contributed by atoms with Crippen molar-refractivity contribution in [2.24, 2.45) is 5.92 Å². The van der Waals surface area contributed by atoms with E-state index in [1.165, 1.54) is 7.11 Å². The van der Waals surface area contributed by atoms with Crippen LogP contribution >= 0.6 is 0 Å². The van der Waals surface area contributed by atoms with Crippen molar-refractivity contribution in [3.8, 4) is 5.75 Å². The molecule has 152 valence electrons. The highest BCUT2D eigenvalue weighted by molar-refractivity contribution is 5.99. The fourth-order valence-corrected chi connectivity index (χ4v) is 2.61. The summed E-state index contributed by atoms with van der Waals surface area (Å²) in [6.07, 6.45) is 2.49. The van der Waals surface area contributed by atoms with Gasteiger partial charge in [0, 0.05) is 12.3 Å². The molecule has 0 bridgehead atoms. The molecule has 0 spiro atoms. The maximum Gasteiger partial charge on any atom is 0.341 e. The summed E-state index contributed by atoms with van der Waals surface area (Å²) in [5.74, 6) is 0.0142. The summed E-state index contributed by atoms with van der Waals surface area (Å²) < 4.78 is 16.3. The number of anilines is 1. The van der Waals surface area contributed by atoms with Crippen LogP contribution in [-0.2, 0) is 14.3 Å². The van der Waals surface area contributed by atoms with Gasteiger partial charge in [-0.15, -0.1) is 0 Å². The van der Waals surface area contributed by atoms with Crippen molar-refractivity contribution in [3.05, 3.63) is 23.8 Å². The molecule has 0 aliphatic carbocycles. The molecule has 6 heteroatoms. The highest BCUT2D eigenvalue weighted by atomic mass is 16.5. The molecule has 0 aliphatic rings. The van der Waals surface area contributed by atoms with Gasteiger partial charge in [0.15, 0.2) is 0 Å². The van der Waals surface area contributed by atoms with E-state index in [2.05, 4.69) is 12.2 Å². The van der Waals surface area contributed by atoms with E-state index in [0.717, 1.165) is 12.8 Å². The Balaban J connectivity index is 3.04. The molecule has 0 fully saturated rings. The molecule has 1 aromatic rings. The van der Waals surface area contributed by atoms with Gasteiger partial charge in [-0.25, -0.2) is 4.79 Å². The van der Waals surface area contributed by atoms with Crippen molar-refractivity contribution < 1.29 is 23.8 Å². The second-order valence-corrected chi connectivity index (χ2v) is 7.13. The molecule has 6 nitrogen and oxygen atoms in total. The second-order valence-electron chi connectivity index (χ2n) is 7.13. The van der Waals surface area contributed by atoms with E-state index in [0.29, 0.717) is 37.0 Å². The van der Waals surface area contributed by atoms with Crippen LogP contribution in [0.5, 0.6) is 5.75 Å². The Labute approximate surface area is 162 Å². The van der Waals surface area contributed by atoms with Gasteiger partial charge in [-0.1, -0.05) is 33.6 Å². The third-order valence-electron chi connectivity index (χ3n) is 4.17. The van der Waals surface area contributed by atoms with Crippen LogP contribution in [0.2, 0.25) is 0 Å². The summed E-state index contributed by atoms with van der Waals surface area (Å²) in [6.45, 7) is 10.7. The van der Waals surface area contributed by atoms with Crippen LogP contribution in [0.25, 0.3) is 0 Å². The van der Waals surface area contributed by atoms with E-state index in [1.54, 1.807) is 25.1 Å². The van der Waals surface area contributed by atoms with Gasteiger partial charge in [-0.3, -0.25) is 4.79 Å². The van der Waals surface area contributed by atoms with Crippen LogP contribution in [0, 0.1) is 5.92 Å². The quantitative estimate of drug-likeness (QED) is 0.576. The van der Waals surface area contributed by atoms with Gasteiger partial charge >= 0.3 is 5.97 Å². The molecule has 1 atom stereocenters. The lowest BCUT2D eigenvalue weighted by Crippen LogP contribution is -2.42. The summed E-state index contributed by atoms with van der Waals surface area (Å²) in [6, 6.07) is 4.96. The third-order valence-corrected chi connectivity index (χ3v) is 4.17. The van der Waals surface area contributed by atoms with Gasteiger partial charge in [0.2, 0.25) is 0 Å². The molecule has 0 unspecified atom stereocenters. The monoisotopic (exact) mass is 379 g/mol. The number of rotatable bonds is 11. The summed E-state index contributed by atoms with van der Waals surface area (Å²) in [7, 11) is 1.32. The van der Waals surface area contributed by atoms with Crippen LogP contribution in [0.15, 0.2) is 18.2 Å². The molecule has 0 saturated heterocycles. The molecule has 1 amide bonds. The number of esters is 1. The van der Waals surface area contributed by atoms with Gasteiger partial charge in [-0.2, -0.15) is 0 Å². The molecule has 0 radical (unpaired) electrons. The Kier molecular flexibility index (Phi) is 9.29. The first-order valence-electron chi connectivity index (χ1n) is 9.57. The first-order valence-corrected chi connectivity index (χ1v) is 9.57. The van der Waals surface area contributed by atoms with Gasteiger partial charge in [0.05, 0.1) is 13.7 Å². The van der Waals surface area contributed by atoms with Crippen LogP contribution < -0.4 is 10.1 Å². The average molecular weight is 379 g/mol. The van der Waals surface area contributed by atoms with Crippen LogP contribution in [0.4, 0.5) is 5.69 Å². The zero-order chi connectivity index (χ0) is 20.4. The van der Waals surface area contributed by atoms with Crippen molar-refractivity contribution >= 4 is 17.6 Å². The smallest absolute Gasteiger partial charge is 0.341 e. The molecule has 1 rings (SSSR count). The third kappa shape index (κ3) is 6.86. The first kappa shape index (κ1) is 23.0. The lowest BCUT2D eigenvalue weighted by Gasteiger charge is -2.28. The molecule has 0 aromatic heterocycles. The predicted molar refractivity (Wildman–Crippen MR) is 106 cm³/mol. The number of unbranched alkanes of at least 4 members (excludes halogenated alkanes) is 1. The van der Waals surface area contributed by atoms with Crippen molar-refractivity contribution in [3.63, 3.8) is 0 Å². The normalized spacial score (nSPS) is 13.1. The molecule has 1 aromatic carbocycles. The minimum atomic E-state index is -0.914. The molecule has 0 heterocycles. The Bertz CT molecular complexity index is 629. The van der Waals surface area contributed by atoms with E-state index in [9.17, 15) is 9.59 Å². The summed E-state index contributed by atoms with van der Waals surface area (Å²) in [4.78, 5) is 24.9. The number of carbonyl (C=O) groups is 2. The Morgan fingerprint density at radius 3 is 2.48 bits per heavy atom. The van der Waals surface area contributed by atoms with E-state index in [4.69, 9.17) is 14.2 Å². The maximum absolute atomic E-state index is 12.8. The van der Waals surface area contributed by atoms with Crippen molar-refractivity contribution in [2.45, 2.75) is 59.5 Å². The topological polar surface area (TPSA) is 73.9 Å². The number of carbonyl (C=O) groups excluding carboxylic acids is 2. The van der Waals surface area contributed by atoms with Crippen LogP contribution in [0.1, 0.15) is 64.2 Å². The molecule has 27 heavy (non-hydrogen) atoms. The molecular formula is C21H33NO5. The number of benzene rings is 1. The van der Waals surface area contributed by atoms with Crippen molar-refractivity contribution in [1.82, 2.24) is 0 Å². The molecule has 1 N–H and O–H groups in total. The van der Waals surface area contributed by atoms with E-state index < -0.39 is 11.6 Å². The highest BCUT2D eigenvalue weighted by Crippen LogP contribution is 2.26. The van der Waals surface area contributed by atoms with Gasteiger partial charge in [0.1, 0.15) is 16.9 Å². The number of amides is 1. The van der Waals surface area contributed by atoms with Crippen molar-refractivity contribution in [2.75, 3.05) is 25.6 Å². The minimum absolute atomic E-state index is 0.232. The van der Waals surface area contributed by atoms with E-state index in [1.807, 2.05) is 20.8 Å². The Hall–Kier alpha value is -2.08. The van der Waals surface area contributed by atoms with E-state index >= 15 is 0 Å². The maximum atomic E-state index is 12.8. The molecule has 0 saturated carbocycles. The Morgan fingerprint density at radius 2 is 1.93 bits per heavy atom. The van der Waals surface area contributed by atoms with Gasteiger partial charge < -0.3 is 19.5 Å². The molecule has 0 aliphatic heterocycles. The zero-order valence-corrected chi connectivity index (χ0v) is 17.4.